The highest BCUT2D eigenvalue weighted by Gasteiger charge is 2.51. The largest absolute Gasteiger partial charge is 0.472 e. The first-order valence-corrected chi connectivity index (χ1v) is 26.5. The first-order valence-electron chi connectivity index (χ1n) is 25.0. The van der Waals surface area contributed by atoms with Crippen molar-refractivity contribution in [3.05, 3.63) is 36.5 Å². The summed E-state index contributed by atoms with van der Waals surface area (Å²) in [6.07, 6.45) is 31.0. The second-order valence-corrected chi connectivity index (χ2v) is 19.2. The lowest BCUT2D eigenvalue weighted by Gasteiger charge is -2.41. The molecular formula is C49H92NO12P. The Hall–Kier alpha value is -1.48. The van der Waals surface area contributed by atoms with Gasteiger partial charge >= 0.3 is 7.82 Å². The summed E-state index contributed by atoms with van der Waals surface area (Å²) in [5, 5.41) is 74.5. The van der Waals surface area contributed by atoms with E-state index in [1.165, 1.54) is 115 Å². The van der Waals surface area contributed by atoms with E-state index in [1.54, 1.807) is 6.08 Å². The molecule has 0 aromatic rings. The van der Waals surface area contributed by atoms with Crippen LogP contribution in [0.3, 0.4) is 0 Å². The van der Waals surface area contributed by atoms with Crippen molar-refractivity contribution in [3.63, 3.8) is 0 Å². The average Bonchev–Trinajstić information content (AvgIpc) is 3.26. The predicted octanol–water partition coefficient (Wildman–Crippen LogP) is 8.92. The Morgan fingerprint density at radius 1 is 0.556 bits per heavy atom. The van der Waals surface area contributed by atoms with Crippen molar-refractivity contribution in [1.82, 2.24) is 5.32 Å². The Kier molecular flexibility index (Phi) is 36.5. The molecule has 63 heavy (non-hydrogen) atoms. The summed E-state index contributed by atoms with van der Waals surface area (Å²) in [4.78, 5) is 23.4. The Labute approximate surface area is 381 Å². The molecule has 0 radical (unpaired) electrons. The summed E-state index contributed by atoms with van der Waals surface area (Å²) >= 11 is 0. The molecule has 8 unspecified atom stereocenters. The molecule has 1 amide bonds. The molecule has 0 heterocycles. The molecule has 1 aliphatic rings. The average molecular weight is 918 g/mol. The fraction of sp³-hybridized carbons (Fsp3) is 0.857. The maximum Gasteiger partial charge on any atom is 0.472 e. The van der Waals surface area contributed by atoms with E-state index in [0.717, 1.165) is 64.2 Å². The van der Waals surface area contributed by atoms with Gasteiger partial charge in [-0.3, -0.25) is 13.8 Å². The van der Waals surface area contributed by atoms with Crippen LogP contribution in [0.1, 0.15) is 206 Å². The third-order valence-corrected chi connectivity index (χ3v) is 12.9. The van der Waals surface area contributed by atoms with Crippen molar-refractivity contribution in [1.29, 1.82) is 0 Å². The van der Waals surface area contributed by atoms with Gasteiger partial charge in [0, 0.05) is 0 Å². The number of carbonyl (C=O) groups excluding carboxylic acids is 1. The lowest BCUT2D eigenvalue weighted by atomic mass is 9.85. The third kappa shape index (κ3) is 30.4. The van der Waals surface area contributed by atoms with Crippen molar-refractivity contribution < 1.29 is 59.0 Å². The Bertz CT molecular complexity index is 1220. The van der Waals surface area contributed by atoms with Gasteiger partial charge in [-0.15, -0.1) is 0 Å². The molecule has 8 atom stereocenters. The highest BCUT2D eigenvalue weighted by atomic mass is 31.2. The zero-order chi connectivity index (χ0) is 46.6. The van der Waals surface area contributed by atoms with E-state index in [1.807, 2.05) is 0 Å². The molecule has 13 nitrogen and oxygen atoms in total. The summed E-state index contributed by atoms with van der Waals surface area (Å²) in [6.45, 7) is 3.71. The van der Waals surface area contributed by atoms with Gasteiger partial charge in [0.15, 0.2) is 0 Å². The Morgan fingerprint density at radius 2 is 0.937 bits per heavy atom. The number of carbonyl (C=O) groups is 1. The number of aliphatic hydroxyl groups excluding tert-OH is 7. The molecule has 1 fully saturated rings. The van der Waals surface area contributed by atoms with Crippen LogP contribution >= 0.6 is 7.82 Å². The normalized spacial score (nSPS) is 23.1. The van der Waals surface area contributed by atoms with E-state index in [4.69, 9.17) is 9.05 Å². The molecule has 1 rings (SSSR count). The van der Waals surface area contributed by atoms with Gasteiger partial charge in [-0.1, -0.05) is 179 Å². The van der Waals surface area contributed by atoms with Crippen molar-refractivity contribution >= 4 is 13.7 Å². The van der Waals surface area contributed by atoms with Crippen LogP contribution in [-0.2, 0) is 18.4 Å². The van der Waals surface area contributed by atoms with Gasteiger partial charge in [0.1, 0.15) is 36.6 Å². The van der Waals surface area contributed by atoms with Gasteiger partial charge in [-0.05, 0) is 57.8 Å². The van der Waals surface area contributed by atoms with Gasteiger partial charge < -0.3 is 46.0 Å². The van der Waals surface area contributed by atoms with Crippen molar-refractivity contribution in [2.24, 2.45) is 0 Å². The van der Waals surface area contributed by atoms with Crippen molar-refractivity contribution in [2.45, 2.75) is 261 Å². The minimum Gasteiger partial charge on any atom is -0.393 e. The fourth-order valence-electron chi connectivity index (χ4n) is 7.84. The van der Waals surface area contributed by atoms with Crippen LogP contribution in [0.4, 0.5) is 0 Å². The number of hydrogen-bond donors (Lipinski definition) is 9. The molecule has 0 aliphatic heterocycles. The lowest BCUT2D eigenvalue weighted by Crippen LogP contribution is -2.64. The topological polar surface area (TPSA) is 226 Å². The summed E-state index contributed by atoms with van der Waals surface area (Å²) in [6, 6.07) is -1.26. The van der Waals surface area contributed by atoms with Gasteiger partial charge in [-0.25, -0.2) is 4.57 Å². The van der Waals surface area contributed by atoms with Crippen LogP contribution in [0.5, 0.6) is 0 Å². The minimum absolute atomic E-state index is 0.258. The minimum atomic E-state index is -5.15. The molecule has 0 aromatic carbocycles. The fourth-order valence-corrected chi connectivity index (χ4v) is 8.81. The van der Waals surface area contributed by atoms with Crippen LogP contribution in [0, 0.1) is 0 Å². The molecule has 1 aliphatic carbocycles. The van der Waals surface area contributed by atoms with E-state index in [0.29, 0.717) is 12.8 Å². The highest BCUT2D eigenvalue weighted by molar-refractivity contribution is 7.47. The van der Waals surface area contributed by atoms with Crippen LogP contribution < -0.4 is 5.32 Å². The van der Waals surface area contributed by atoms with Crippen LogP contribution in [0.2, 0.25) is 0 Å². The number of amides is 1. The van der Waals surface area contributed by atoms with E-state index >= 15 is 0 Å². The zero-order valence-corrected chi connectivity index (χ0v) is 40.1. The van der Waals surface area contributed by atoms with Gasteiger partial charge in [-0.2, -0.15) is 0 Å². The van der Waals surface area contributed by atoms with Crippen LogP contribution in [0.25, 0.3) is 0 Å². The zero-order valence-electron chi connectivity index (χ0n) is 39.2. The highest BCUT2D eigenvalue weighted by Crippen LogP contribution is 2.47. The molecule has 14 heteroatoms. The van der Waals surface area contributed by atoms with E-state index in [2.05, 4.69) is 43.5 Å². The monoisotopic (exact) mass is 918 g/mol. The number of aliphatic hydroxyl groups is 7. The molecular weight excluding hydrogens is 826 g/mol. The molecule has 1 saturated carbocycles. The molecule has 370 valence electrons. The number of nitrogens with one attached hydrogen (secondary N) is 1. The third-order valence-electron chi connectivity index (χ3n) is 11.9. The van der Waals surface area contributed by atoms with Gasteiger partial charge in [0.2, 0.25) is 5.91 Å². The lowest BCUT2D eigenvalue weighted by molar-refractivity contribution is -0.220. The summed E-state index contributed by atoms with van der Waals surface area (Å²) in [5.41, 5.74) is 0. The van der Waals surface area contributed by atoms with Crippen LogP contribution in [0.15, 0.2) is 36.5 Å². The van der Waals surface area contributed by atoms with E-state index in [9.17, 15) is 50.0 Å². The smallest absolute Gasteiger partial charge is 0.393 e. The second kappa shape index (κ2) is 38.6. The predicted molar refractivity (Wildman–Crippen MR) is 252 cm³/mol. The molecule has 0 bridgehead atoms. The maximum atomic E-state index is 13.0. The number of phosphoric ester groups is 1. The molecule has 0 aromatic heterocycles. The Morgan fingerprint density at radius 3 is 1.40 bits per heavy atom. The van der Waals surface area contributed by atoms with E-state index in [-0.39, 0.29) is 6.42 Å². The number of allylic oxidation sites excluding steroid dienone is 5. The van der Waals surface area contributed by atoms with E-state index < -0.39 is 75.2 Å². The maximum absolute atomic E-state index is 13.0. The van der Waals surface area contributed by atoms with Gasteiger partial charge in [0.05, 0.1) is 31.3 Å². The molecule has 0 spiro atoms. The summed E-state index contributed by atoms with van der Waals surface area (Å²) in [5.74, 6) is -0.608. The number of rotatable bonds is 41. The Balaban J connectivity index is 2.46. The van der Waals surface area contributed by atoms with Crippen molar-refractivity contribution in [3.8, 4) is 0 Å². The summed E-state index contributed by atoms with van der Waals surface area (Å²) in [7, 11) is -5.15. The number of hydrogen-bond acceptors (Lipinski definition) is 11. The first-order chi connectivity index (χ1) is 30.3. The number of unbranched alkanes of at least 4 members (excludes halogenated alkanes) is 24. The second-order valence-electron chi connectivity index (χ2n) is 17.8. The SMILES string of the molecule is CCCCCCCC/C=C/CC/C=C/C(O)C(COP(=O)(O)OC1C(O)C(O)C(O)C(O)C1O)NC(=O)CC(O)CCCCCCC/C=C\CCCCCCCCCCCCCC. The van der Waals surface area contributed by atoms with Crippen LogP contribution in [-0.4, -0.2) is 108 Å². The molecule has 0 saturated heterocycles. The van der Waals surface area contributed by atoms with Crippen molar-refractivity contribution in [2.75, 3.05) is 6.61 Å². The number of phosphoric acid groups is 1. The quantitative estimate of drug-likeness (QED) is 0.0159. The van der Waals surface area contributed by atoms with Gasteiger partial charge in [0.25, 0.3) is 0 Å². The first kappa shape index (κ1) is 59.5. The standard InChI is InChI=1S/C49H92NO12P/c1-3-5-7-9-11-13-15-17-18-19-20-21-22-23-24-25-26-28-30-32-34-36-40(51)38-43(53)50-41(42(52)37-35-33-31-29-27-16-14-12-10-8-6-4-2)39-61-63(59,60)62-49-47(57)45(55)44(54)46(56)48(49)58/h23-24,27,29,35,37,40-42,44-49,51-52,54-58H,3-22,25-26,28,30-34,36,38-39H2,1-2H3,(H,50,53)(H,59,60)/b24-23-,29-27+,37-35+. The summed E-state index contributed by atoms with van der Waals surface area (Å²) < 4.78 is 22.8. The molecule has 9 N–H and O–H groups in total.